The van der Waals surface area contributed by atoms with Gasteiger partial charge in [0, 0.05) is 25.7 Å². The van der Waals surface area contributed by atoms with Crippen LogP contribution in [0.2, 0.25) is 0 Å². The number of allylic oxidation sites excluding steroid dienone is 4. The van der Waals surface area contributed by atoms with Gasteiger partial charge in [-0.15, -0.1) is 0 Å². The van der Waals surface area contributed by atoms with Crippen LogP contribution in [-0.2, 0) is 65.4 Å². The predicted octanol–water partition coefficient (Wildman–Crippen LogP) is 23.6. The standard InChI is InChI=1S/C80H152O17P2/c1-6-9-12-15-18-21-24-26-31-36-39-44-49-54-59-64-78(83)91-70-76(97-80(85)66-61-56-51-46-41-37-33-30-28-27-29-32-35-38-42-47-52-57-62-73(4)5)72-95-99(88,89)93-68-74(81)67-92-98(86,87)94-71-75(69-90-77(82)63-58-53-48-43-23-20-17-14-11-8-3)96-79(84)65-60-55-50-45-40-34-25-22-19-16-13-10-7-2/h21,24,26,31,73-76,81H,6-20,22-23,25,27-30,32-72H2,1-5H3,(H,86,87)(H,88,89)/b24-21-,31-26-/t74-,75+,76+/m0/s1. The Morgan fingerprint density at radius 1 is 0.313 bits per heavy atom. The van der Waals surface area contributed by atoms with Gasteiger partial charge < -0.3 is 33.8 Å². The minimum atomic E-state index is -4.97. The Morgan fingerprint density at radius 3 is 0.828 bits per heavy atom. The van der Waals surface area contributed by atoms with Crippen molar-refractivity contribution in [2.45, 2.75) is 419 Å². The van der Waals surface area contributed by atoms with Crippen molar-refractivity contribution in [1.29, 1.82) is 0 Å². The lowest BCUT2D eigenvalue weighted by molar-refractivity contribution is -0.161. The van der Waals surface area contributed by atoms with Gasteiger partial charge in [-0.1, -0.05) is 348 Å². The number of ether oxygens (including phenoxy) is 4. The van der Waals surface area contributed by atoms with E-state index in [2.05, 4.69) is 58.9 Å². The van der Waals surface area contributed by atoms with Gasteiger partial charge in [-0.05, 0) is 57.3 Å². The zero-order valence-corrected chi connectivity index (χ0v) is 65.9. The van der Waals surface area contributed by atoms with Crippen LogP contribution in [0.15, 0.2) is 24.3 Å². The third-order valence-electron chi connectivity index (χ3n) is 18.2. The van der Waals surface area contributed by atoms with Gasteiger partial charge in [-0.2, -0.15) is 0 Å². The molecule has 0 saturated heterocycles. The van der Waals surface area contributed by atoms with Crippen molar-refractivity contribution < 1.29 is 80.2 Å². The SMILES string of the molecule is CCCCCC/C=C\C=C/CCCCCCCC(=O)OC[C@H](COP(=O)(O)OC[C@@H](O)COP(=O)(O)OC[C@@H](COC(=O)CCCCCCCCCCCC)OC(=O)CCCCCCCCCCCCCCC)OC(=O)CCCCCCCCCCCCCCCCCCCCC(C)C. The molecule has 3 N–H and O–H groups in total. The van der Waals surface area contributed by atoms with E-state index in [0.29, 0.717) is 25.7 Å². The van der Waals surface area contributed by atoms with Crippen LogP contribution in [0.4, 0.5) is 0 Å². The van der Waals surface area contributed by atoms with Crippen molar-refractivity contribution >= 4 is 39.5 Å². The molecule has 0 saturated carbocycles. The molecule has 0 rings (SSSR count). The number of esters is 4. The van der Waals surface area contributed by atoms with Crippen LogP contribution in [0.1, 0.15) is 401 Å². The van der Waals surface area contributed by atoms with Gasteiger partial charge >= 0.3 is 39.5 Å². The van der Waals surface area contributed by atoms with E-state index in [-0.39, 0.29) is 25.7 Å². The van der Waals surface area contributed by atoms with Crippen LogP contribution >= 0.6 is 15.6 Å². The summed E-state index contributed by atoms with van der Waals surface area (Å²) in [6, 6.07) is 0. The maximum atomic E-state index is 13.1. The van der Waals surface area contributed by atoms with E-state index in [1.54, 1.807) is 0 Å². The highest BCUT2D eigenvalue weighted by Crippen LogP contribution is 2.45. The van der Waals surface area contributed by atoms with Gasteiger partial charge in [-0.25, -0.2) is 9.13 Å². The molecule has 17 nitrogen and oxygen atoms in total. The van der Waals surface area contributed by atoms with Crippen molar-refractivity contribution in [2.75, 3.05) is 39.6 Å². The monoisotopic (exact) mass is 1450 g/mol. The third-order valence-corrected chi connectivity index (χ3v) is 20.1. The number of aliphatic hydroxyl groups excluding tert-OH is 1. The summed E-state index contributed by atoms with van der Waals surface area (Å²) < 4.78 is 68.6. The molecule has 2 unspecified atom stereocenters. The van der Waals surface area contributed by atoms with Crippen molar-refractivity contribution in [2.24, 2.45) is 5.92 Å². The topological polar surface area (TPSA) is 237 Å². The highest BCUT2D eigenvalue weighted by molar-refractivity contribution is 7.47. The second-order valence-electron chi connectivity index (χ2n) is 28.6. The smallest absolute Gasteiger partial charge is 0.462 e. The van der Waals surface area contributed by atoms with Gasteiger partial charge in [0.15, 0.2) is 12.2 Å². The van der Waals surface area contributed by atoms with Crippen LogP contribution in [0.25, 0.3) is 0 Å². The summed E-state index contributed by atoms with van der Waals surface area (Å²) in [7, 11) is -9.93. The molecule has 0 aliphatic rings. The lowest BCUT2D eigenvalue weighted by atomic mass is 10.0. The molecule has 584 valence electrons. The second-order valence-corrected chi connectivity index (χ2v) is 31.5. The number of carbonyl (C=O) groups excluding carboxylic acids is 4. The van der Waals surface area contributed by atoms with Crippen LogP contribution in [0.3, 0.4) is 0 Å². The van der Waals surface area contributed by atoms with E-state index in [0.717, 1.165) is 115 Å². The van der Waals surface area contributed by atoms with Gasteiger partial charge in [0.05, 0.1) is 26.4 Å². The fraction of sp³-hybridized carbons (Fsp3) is 0.900. The van der Waals surface area contributed by atoms with E-state index in [9.17, 15) is 43.2 Å². The molecule has 0 amide bonds. The molecular formula is C80H152O17P2. The normalized spacial score (nSPS) is 14.0. The Kier molecular flexibility index (Phi) is 70.7. The zero-order chi connectivity index (χ0) is 72.7. The van der Waals surface area contributed by atoms with Crippen LogP contribution < -0.4 is 0 Å². The lowest BCUT2D eigenvalue weighted by Gasteiger charge is -2.21. The van der Waals surface area contributed by atoms with Crippen molar-refractivity contribution in [3.63, 3.8) is 0 Å². The number of carbonyl (C=O) groups is 4. The summed E-state index contributed by atoms with van der Waals surface area (Å²) in [5, 5.41) is 10.6. The minimum Gasteiger partial charge on any atom is -0.462 e. The Bertz CT molecular complexity index is 1990. The Balaban J connectivity index is 5.24. The highest BCUT2D eigenvalue weighted by Gasteiger charge is 2.30. The van der Waals surface area contributed by atoms with Crippen molar-refractivity contribution in [3.8, 4) is 0 Å². The van der Waals surface area contributed by atoms with Crippen molar-refractivity contribution in [1.82, 2.24) is 0 Å². The van der Waals surface area contributed by atoms with E-state index in [4.69, 9.17) is 37.0 Å². The maximum absolute atomic E-state index is 13.1. The molecule has 0 bridgehead atoms. The molecule has 0 aliphatic carbocycles. The quantitative estimate of drug-likeness (QED) is 0.0169. The summed E-state index contributed by atoms with van der Waals surface area (Å²) in [5.41, 5.74) is 0. The molecular weight excluding hydrogens is 1290 g/mol. The highest BCUT2D eigenvalue weighted by atomic mass is 31.2. The molecule has 0 radical (unpaired) electrons. The Morgan fingerprint density at radius 2 is 0.545 bits per heavy atom. The molecule has 0 aromatic heterocycles. The summed E-state index contributed by atoms with van der Waals surface area (Å²) in [6.45, 7) is 7.28. The minimum absolute atomic E-state index is 0.102. The maximum Gasteiger partial charge on any atom is 0.472 e. The third kappa shape index (κ3) is 73.6. The molecule has 0 fully saturated rings. The number of aliphatic hydroxyl groups is 1. The zero-order valence-electron chi connectivity index (χ0n) is 64.1. The molecule has 19 heteroatoms. The summed E-state index contributed by atoms with van der Waals surface area (Å²) in [4.78, 5) is 72.9. The number of hydrogen-bond donors (Lipinski definition) is 3. The first-order valence-corrected chi connectivity index (χ1v) is 43.9. The number of phosphoric ester groups is 2. The van der Waals surface area contributed by atoms with E-state index >= 15 is 0 Å². The largest absolute Gasteiger partial charge is 0.472 e. The number of hydrogen-bond acceptors (Lipinski definition) is 15. The molecule has 99 heavy (non-hydrogen) atoms. The van der Waals surface area contributed by atoms with E-state index < -0.39 is 97.5 Å². The van der Waals surface area contributed by atoms with Gasteiger partial charge in [-0.3, -0.25) is 37.3 Å². The number of rotatable bonds is 78. The van der Waals surface area contributed by atoms with Crippen molar-refractivity contribution in [3.05, 3.63) is 24.3 Å². The lowest BCUT2D eigenvalue weighted by Crippen LogP contribution is -2.30. The van der Waals surface area contributed by atoms with Gasteiger partial charge in [0.2, 0.25) is 0 Å². The molecule has 0 aromatic rings. The average Bonchev–Trinajstić information content (AvgIpc) is 1.13. The number of phosphoric acid groups is 2. The fourth-order valence-corrected chi connectivity index (χ4v) is 13.4. The van der Waals surface area contributed by atoms with Gasteiger partial charge in [0.1, 0.15) is 19.3 Å². The first kappa shape index (κ1) is 96.5. The molecule has 0 aromatic carbocycles. The molecule has 0 spiro atoms. The van der Waals surface area contributed by atoms with Crippen LogP contribution in [0, 0.1) is 5.92 Å². The Labute approximate surface area is 605 Å². The van der Waals surface area contributed by atoms with Crippen LogP contribution in [0.5, 0.6) is 0 Å². The second kappa shape index (κ2) is 72.5. The summed E-state index contributed by atoms with van der Waals surface area (Å²) >= 11 is 0. The average molecular weight is 1450 g/mol. The molecule has 0 aliphatic heterocycles. The summed E-state index contributed by atoms with van der Waals surface area (Å²) in [6.07, 6.45) is 66.0. The molecule has 5 atom stereocenters. The number of unbranched alkanes of at least 4 members (excludes halogenated alkanes) is 47. The van der Waals surface area contributed by atoms with E-state index in [1.165, 1.54) is 205 Å². The van der Waals surface area contributed by atoms with Gasteiger partial charge in [0.25, 0.3) is 0 Å². The first-order chi connectivity index (χ1) is 48.0. The summed E-state index contributed by atoms with van der Waals surface area (Å²) in [5.74, 6) is -1.32. The predicted molar refractivity (Wildman–Crippen MR) is 404 cm³/mol. The fourth-order valence-electron chi connectivity index (χ4n) is 11.9. The van der Waals surface area contributed by atoms with Crippen LogP contribution in [-0.4, -0.2) is 96.7 Å². The van der Waals surface area contributed by atoms with E-state index in [1.807, 2.05) is 0 Å². The molecule has 0 heterocycles. The Hall–Kier alpha value is -2.46. The first-order valence-electron chi connectivity index (χ1n) is 41.0.